The Morgan fingerprint density at radius 1 is 1.14 bits per heavy atom. The van der Waals surface area contributed by atoms with Crippen molar-refractivity contribution in [3.05, 3.63) is 34.9 Å². The lowest BCUT2D eigenvalue weighted by Crippen LogP contribution is -2.27. The van der Waals surface area contributed by atoms with Gasteiger partial charge in [0.1, 0.15) is 0 Å². The van der Waals surface area contributed by atoms with E-state index in [4.69, 9.17) is 5.21 Å². The monoisotopic (exact) mass is 398 g/mol. The number of hydrogen-bond acceptors (Lipinski definition) is 3. The van der Waals surface area contributed by atoms with Crippen molar-refractivity contribution < 1.29 is 23.2 Å². The molecule has 4 nitrogen and oxygen atoms in total. The molecular weight excluding hydrogens is 369 g/mol. The van der Waals surface area contributed by atoms with Crippen LogP contribution < -0.4 is 10.8 Å². The molecule has 2 bridgehead atoms. The van der Waals surface area contributed by atoms with Gasteiger partial charge in [-0.25, -0.2) is 5.48 Å². The number of halogens is 3. The second-order valence-electron chi connectivity index (χ2n) is 8.37. The first-order chi connectivity index (χ1) is 13.4. The maximum Gasteiger partial charge on any atom is 0.416 e. The van der Waals surface area contributed by atoms with Gasteiger partial charge in [-0.15, -0.1) is 0 Å². The molecule has 0 saturated heterocycles. The zero-order valence-corrected chi connectivity index (χ0v) is 16.0. The van der Waals surface area contributed by atoms with Crippen LogP contribution in [0.1, 0.15) is 72.9 Å². The van der Waals surface area contributed by atoms with E-state index in [2.05, 4.69) is 5.32 Å². The standard InChI is InChI=1S/C21H29F3N2O2/c22-21(23,24)19-12-17(20(27)26-28)6-7-18(19)13-25-8-2-5-16-10-14-3-1-4-15(9-14)11-16/h6-7,12,14-16,25,28H,1-5,8-11,13H2,(H,26,27). The third kappa shape index (κ3) is 5.47. The quantitative estimate of drug-likeness (QED) is 0.347. The lowest BCUT2D eigenvalue weighted by atomic mass is 9.67. The van der Waals surface area contributed by atoms with Gasteiger partial charge in [0.25, 0.3) is 5.91 Å². The summed E-state index contributed by atoms with van der Waals surface area (Å²) in [6, 6.07) is 3.37. The average molecular weight is 398 g/mol. The van der Waals surface area contributed by atoms with Crippen LogP contribution in [-0.4, -0.2) is 17.7 Å². The minimum absolute atomic E-state index is 0.103. The molecule has 3 N–H and O–H groups in total. The van der Waals surface area contributed by atoms with E-state index in [1.807, 2.05) is 0 Å². The summed E-state index contributed by atoms with van der Waals surface area (Å²) in [5, 5.41) is 11.7. The fourth-order valence-corrected chi connectivity index (χ4v) is 5.04. The van der Waals surface area contributed by atoms with Crippen LogP contribution in [0.2, 0.25) is 0 Å². The van der Waals surface area contributed by atoms with Crippen LogP contribution in [0.25, 0.3) is 0 Å². The van der Waals surface area contributed by atoms with Crippen LogP contribution in [0.5, 0.6) is 0 Å². The molecule has 2 saturated carbocycles. The number of hydroxylamine groups is 1. The Labute approximate surface area is 163 Å². The Balaban J connectivity index is 1.48. The van der Waals surface area contributed by atoms with Crippen LogP contribution in [0.3, 0.4) is 0 Å². The van der Waals surface area contributed by atoms with E-state index in [0.717, 1.165) is 36.7 Å². The highest BCUT2D eigenvalue weighted by Gasteiger charge is 2.34. The number of carbonyl (C=O) groups is 1. The molecule has 2 aliphatic carbocycles. The van der Waals surface area contributed by atoms with E-state index < -0.39 is 17.6 Å². The summed E-state index contributed by atoms with van der Waals surface area (Å²) in [6.45, 7) is 0.786. The van der Waals surface area contributed by atoms with Gasteiger partial charge >= 0.3 is 6.18 Å². The van der Waals surface area contributed by atoms with Gasteiger partial charge in [0, 0.05) is 12.1 Å². The first kappa shape index (κ1) is 21.1. The summed E-state index contributed by atoms with van der Waals surface area (Å²) in [6.07, 6.45) is 5.72. The second kappa shape index (κ2) is 9.27. The SMILES string of the molecule is O=C(NO)c1ccc(CNCCCC2CC3CCCC(C2)C3)c(C(F)(F)F)c1. The molecule has 3 rings (SSSR count). The largest absolute Gasteiger partial charge is 0.416 e. The summed E-state index contributed by atoms with van der Waals surface area (Å²) < 4.78 is 39.9. The van der Waals surface area contributed by atoms with Crippen molar-refractivity contribution >= 4 is 5.91 Å². The van der Waals surface area contributed by atoms with Crippen molar-refractivity contribution in [3.8, 4) is 0 Å². The Kier molecular flexibility index (Phi) is 6.99. The number of hydrogen-bond donors (Lipinski definition) is 3. The third-order valence-corrected chi connectivity index (χ3v) is 6.29. The number of amides is 1. The van der Waals surface area contributed by atoms with E-state index in [1.165, 1.54) is 56.1 Å². The predicted molar refractivity (Wildman–Crippen MR) is 99.8 cm³/mol. The minimum atomic E-state index is -4.55. The molecule has 2 atom stereocenters. The van der Waals surface area contributed by atoms with Crippen LogP contribution in [0.4, 0.5) is 13.2 Å². The second-order valence-corrected chi connectivity index (χ2v) is 8.37. The molecule has 0 aliphatic heterocycles. The molecule has 2 unspecified atom stereocenters. The Hall–Kier alpha value is -1.60. The van der Waals surface area contributed by atoms with E-state index in [1.54, 1.807) is 0 Å². The molecule has 1 aromatic rings. The van der Waals surface area contributed by atoms with Gasteiger partial charge in [-0.3, -0.25) is 10.0 Å². The number of nitrogens with one attached hydrogen (secondary N) is 2. The van der Waals surface area contributed by atoms with Crippen LogP contribution in [0, 0.1) is 17.8 Å². The fraction of sp³-hybridized carbons (Fsp3) is 0.667. The molecular formula is C21H29F3N2O2. The molecule has 2 fully saturated rings. The molecule has 156 valence electrons. The summed E-state index contributed by atoms with van der Waals surface area (Å²) in [5.41, 5.74) is 0.402. The number of alkyl halides is 3. The highest BCUT2D eigenvalue weighted by molar-refractivity contribution is 5.93. The fourth-order valence-electron chi connectivity index (χ4n) is 5.04. The Morgan fingerprint density at radius 3 is 2.50 bits per heavy atom. The normalized spacial score (nSPS) is 24.8. The number of carbonyl (C=O) groups excluding carboxylic acids is 1. The number of fused-ring (bicyclic) bond motifs is 2. The van der Waals surface area contributed by atoms with Gasteiger partial charge in [-0.05, 0) is 74.1 Å². The van der Waals surface area contributed by atoms with Crippen LogP contribution >= 0.6 is 0 Å². The van der Waals surface area contributed by atoms with E-state index in [0.29, 0.717) is 6.54 Å². The zero-order valence-electron chi connectivity index (χ0n) is 16.0. The molecule has 0 spiro atoms. The molecule has 28 heavy (non-hydrogen) atoms. The van der Waals surface area contributed by atoms with Gasteiger partial charge in [-0.1, -0.05) is 25.3 Å². The molecule has 0 heterocycles. The summed E-state index contributed by atoms with van der Waals surface area (Å²) in [5.74, 6) is 1.61. The molecule has 0 aromatic heterocycles. The Bertz CT molecular complexity index is 666. The van der Waals surface area contributed by atoms with E-state index in [9.17, 15) is 18.0 Å². The van der Waals surface area contributed by atoms with Crippen LogP contribution in [0.15, 0.2) is 18.2 Å². The predicted octanol–water partition coefficient (Wildman–Crippen LogP) is 4.91. The van der Waals surface area contributed by atoms with Crippen molar-refractivity contribution in [1.29, 1.82) is 0 Å². The summed E-state index contributed by atoms with van der Waals surface area (Å²) in [7, 11) is 0. The number of rotatable bonds is 7. The van der Waals surface area contributed by atoms with Gasteiger partial charge < -0.3 is 5.32 Å². The first-order valence-corrected chi connectivity index (χ1v) is 10.2. The lowest BCUT2D eigenvalue weighted by Gasteiger charge is -2.39. The first-order valence-electron chi connectivity index (χ1n) is 10.2. The van der Waals surface area contributed by atoms with Crippen molar-refractivity contribution in [2.45, 2.75) is 64.1 Å². The van der Waals surface area contributed by atoms with Crippen LogP contribution in [-0.2, 0) is 12.7 Å². The number of benzene rings is 1. The molecule has 7 heteroatoms. The molecule has 1 amide bonds. The third-order valence-electron chi connectivity index (χ3n) is 6.29. The highest BCUT2D eigenvalue weighted by atomic mass is 19.4. The topological polar surface area (TPSA) is 61.4 Å². The van der Waals surface area contributed by atoms with E-state index in [-0.39, 0.29) is 17.7 Å². The average Bonchev–Trinajstić information content (AvgIpc) is 2.66. The van der Waals surface area contributed by atoms with Gasteiger partial charge in [-0.2, -0.15) is 13.2 Å². The van der Waals surface area contributed by atoms with Gasteiger partial charge in [0.2, 0.25) is 0 Å². The maximum atomic E-state index is 13.3. The maximum absolute atomic E-state index is 13.3. The molecule has 2 aliphatic rings. The molecule has 1 aromatic carbocycles. The zero-order chi connectivity index (χ0) is 20.1. The molecule has 0 radical (unpaired) electrons. The van der Waals surface area contributed by atoms with Crippen molar-refractivity contribution in [1.82, 2.24) is 10.8 Å². The summed E-state index contributed by atoms with van der Waals surface area (Å²) in [4.78, 5) is 11.4. The lowest BCUT2D eigenvalue weighted by molar-refractivity contribution is -0.138. The minimum Gasteiger partial charge on any atom is -0.313 e. The Morgan fingerprint density at radius 2 is 1.86 bits per heavy atom. The van der Waals surface area contributed by atoms with Gasteiger partial charge in [0.05, 0.1) is 5.56 Å². The van der Waals surface area contributed by atoms with Gasteiger partial charge in [0.15, 0.2) is 0 Å². The van der Waals surface area contributed by atoms with Crippen molar-refractivity contribution in [3.63, 3.8) is 0 Å². The smallest absolute Gasteiger partial charge is 0.313 e. The summed E-state index contributed by atoms with van der Waals surface area (Å²) >= 11 is 0. The van der Waals surface area contributed by atoms with Crippen molar-refractivity contribution in [2.75, 3.05) is 6.54 Å². The van der Waals surface area contributed by atoms with Crippen molar-refractivity contribution in [2.24, 2.45) is 17.8 Å². The van der Waals surface area contributed by atoms with E-state index >= 15 is 0 Å². The highest BCUT2D eigenvalue weighted by Crippen LogP contribution is 2.43.